The lowest BCUT2D eigenvalue weighted by atomic mass is 9.81. The van der Waals surface area contributed by atoms with Crippen LogP contribution in [0.2, 0.25) is 0 Å². The van der Waals surface area contributed by atoms with Crippen LogP contribution in [-0.2, 0) is 32.0 Å². The van der Waals surface area contributed by atoms with Crippen LogP contribution >= 0.6 is 11.8 Å². The van der Waals surface area contributed by atoms with Crippen LogP contribution in [0.5, 0.6) is 0 Å². The van der Waals surface area contributed by atoms with Gasteiger partial charge in [-0.3, -0.25) is 19.2 Å². The number of thioether (sulfide) groups is 1. The number of nitrogens with one attached hydrogen (secondary N) is 4. The molecule has 272 valence electrons. The van der Waals surface area contributed by atoms with Gasteiger partial charge in [-0.05, 0) is 42.6 Å². The first-order valence-electron chi connectivity index (χ1n) is 18.3. The van der Waals surface area contributed by atoms with E-state index in [4.69, 9.17) is 0 Å². The van der Waals surface area contributed by atoms with Crippen molar-refractivity contribution in [3.05, 3.63) is 66.8 Å². The topological polar surface area (TPSA) is 157 Å². The molecule has 11 nitrogen and oxygen atoms in total. The highest BCUT2D eigenvalue weighted by atomic mass is 32.2. The smallest absolute Gasteiger partial charge is 0.244 e. The van der Waals surface area contributed by atoms with Crippen molar-refractivity contribution in [2.45, 2.75) is 120 Å². The van der Waals surface area contributed by atoms with Gasteiger partial charge in [0.1, 0.15) is 18.1 Å². The molecule has 7 atom stereocenters. The number of aliphatic hydroxyl groups excluding tert-OH is 1. The molecule has 1 aromatic heterocycles. The summed E-state index contributed by atoms with van der Waals surface area (Å²) in [7, 11) is 0. The number of aromatic amines is 1. The summed E-state index contributed by atoms with van der Waals surface area (Å²) in [6, 6.07) is 6.24. The van der Waals surface area contributed by atoms with Crippen LogP contribution in [0, 0.1) is 17.8 Å². The number of benzene rings is 1. The SMILES string of the molecule is C=C[C@@H](C[C@H](O)[C@H](CC1CCCCC1)NC(=O)[C@H](Cc1cnc[nH]1)NC(=O)[C@H](Cc1ccccc1)NC(=O)[C@@H]1CS[C@@H]2CCC(=O)N21)C(C)C. The molecule has 0 bridgehead atoms. The second-order valence-electron chi connectivity index (χ2n) is 14.5. The lowest BCUT2D eigenvalue weighted by Crippen LogP contribution is -2.59. The highest BCUT2D eigenvalue weighted by molar-refractivity contribution is 8.00. The Hall–Kier alpha value is -3.64. The van der Waals surface area contributed by atoms with E-state index in [9.17, 15) is 24.3 Å². The standard InChI is InChI=1S/C38H54N6O5S/c1-4-27(24(2)3)19-33(45)29(17-25-11-7-5-8-12-25)41-37(48)31(20-28-21-39-23-40-28)42-36(47)30(18-26-13-9-6-10-14-26)43-38(49)32-22-50-35-16-15-34(46)44(32)35/h4,6,9-10,13-14,21,23-25,27,29-33,35,45H,1,5,7-8,11-12,15-20,22H2,2-3H3,(H,39,40)(H,41,48)(H,42,47)(H,43,49)/t27-,29-,30-,31-,32-,33-,35+/m0/s1. The van der Waals surface area contributed by atoms with Gasteiger partial charge < -0.3 is 30.9 Å². The lowest BCUT2D eigenvalue weighted by molar-refractivity contribution is -0.138. The minimum atomic E-state index is -1.01. The molecule has 3 heterocycles. The number of aliphatic hydroxyl groups is 1. The molecule has 4 amide bonds. The van der Waals surface area contributed by atoms with Crippen molar-refractivity contribution in [1.29, 1.82) is 0 Å². The molecule has 3 aliphatic rings. The minimum Gasteiger partial charge on any atom is -0.391 e. The highest BCUT2D eigenvalue weighted by Gasteiger charge is 2.46. The van der Waals surface area contributed by atoms with E-state index < -0.39 is 42.1 Å². The van der Waals surface area contributed by atoms with Crippen LogP contribution in [0.25, 0.3) is 0 Å². The van der Waals surface area contributed by atoms with Gasteiger partial charge in [0.2, 0.25) is 23.6 Å². The van der Waals surface area contributed by atoms with Crippen molar-refractivity contribution in [3.63, 3.8) is 0 Å². The van der Waals surface area contributed by atoms with E-state index in [0.717, 1.165) is 31.2 Å². The fraction of sp³-hybridized carbons (Fsp3) is 0.605. The summed E-state index contributed by atoms with van der Waals surface area (Å²) in [5.74, 6) is -0.0925. The van der Waals surface area contributed by atoms with Crippen molar-refractivity contribution in [3.8, 4) is 0 Å². The predicted molar refractivity (Wildman–Crippen MR) is 195 cm³/mol. The Bertz CT molecular complexity index is 1430. The number of imidazole rings is 1. The second-order valence-corrected chi connectivity index (χ2v) is 15.7. The van der Waals surface area contributed by atoms with Gasteiger partial charge in [-0.1, -0.05) is 82.4 Å². The maximum atomic E-state index is 14.2. The quantitative estimate of drug-likeness (QED) is 0.156. The number of amides is 4. The Kier molecular flexibility index (Phi) is 13.6. The number of hydrogen-bond donors (Lipinski definition) is 5. The number of carbonyl (C=O) groups is 4. The molecule has 12 heteroatoms. The Morgan fingerprint density at radius 1 is 1.04 bits per heavy atom. The minimum absolute atomic E-state index is 0.0127. The molecule has 2 aromatic rings. The molecule has 5 N–H and O–H groups in total. The van der Waals surface area contributed by atoms with E-state index in [1.165, 1.54) is 12.7 Å². The van der Waals surface area contributed by atoms with Gasteiger partial charge in [0, 0.05) is 36.9 Å². The zero-order valence-electron chi connectivity index (χ0n) is 29.4. The van der Waals surface area contributed by atoms with Crippen LogP contribution in [0.1, 0.15) is 82.9 Å². The van der Waals surface area contributed by atoms with E-state index in [0.29, 0.717) is 43.0 Å². The first-order valence-corrected chi connectivity index (χ1v) is 19.3. The van der Waals surface area contributed by atoms with Gasteiger partial charge in [-0.2, -0.15) is 0 Å². The number of carbonyl (C=O) groups excluding carboxylic acids is 4. The number of rotatable bonds is 17. The number of H-pyrrole nitrogens is 1. The fourth-order valence-corrected chi connectivity index (χ4v) is 9.01. The third kappa shape index (κ3) is 9.99. The maximum absolute atomic E-state index is 14.2. The normalized spacial score (nSPS) is 22.3. The number of fused-ring (bicyclic) bond motifs is 1. The Labute approximate surface area is 300 Å². The van der Waals surface area contributed by atoms with Gasteiger partial charge in [0.05, 0.1) is 23.8 Å². The van der Waals surface area contributed by atoms with E-state index in [2.05, 4.69) is 46.3 Å². The lowest BCUT2D eigenvalue weighted by Gasteiger charge is -2.33. The molecule has 0 radical (unpaired) electrons. The zero-order chi connectivity index (χ0) is 35.6. The van der Waals surface area contributed by atoms with Crippen LogP contribution in [0.4, 0.5) is 0 Å². The third-order valence-electron chi connectivity index (χ3n) is 10.6. The number of allylic oxidation sites excluding steroid dienone is 1. The number of hydrogen-bond acceptors (Lipinski definition) is 7. The Balaban J connectivity index is 1.35. The number of aromatic nitrogens is 2. The number of nitrogens with zero attached hydrogens (tertiary/aromatic N) is 2. The van der Waals surface area contributed by atoms with E-state index >= 15 is 0 Å². The summed E-state index contributed by atoms with van der Waals surface area (Å²) in [4.78, 5) is 63.4. The summed E-state index contributed by atoms with van der Waals surface area (Å²) < 4.78 is 0. The van der Waals surface area contributed by atoms with Crippen LogP contribution in [0.3, 0.4) is 0 Å². The average Bonchev–Trinajstić information content (AvgIpc) is 3.87. The van der Waals surface area contributed by atoms with Gasteiger partial charge in [0.15, 0.2) is 0 Å². The van der Waals surface area contributed by atoms with Gasteiger partial charge in [-0.15, -0.1) is 18.3 Å². The first kappa shape index (κ1) is 37.6. The first-order chi connectivity index (χ1) is 24.1. The van der Waals surface area contributed by atoms with Gasteiger partial charge in [0.25, 0.3) is 0 Å². The summed E-state index contributed by atoms with van der Waals surface area (Å²) in [6.07, 6.45) is 12.4. The summed E-state index contributed by atoms with van der Waals surface area (Å²) in [5, 5.41) is 20.6. The Morgan fingerprint density at radius 3 is 2.44 bits per heavy atom. The molecule has 1 aliphatic carbocycles. The summed E-state index contributed by atoms with van der Waals surface area (Å²) in [5.41, 5.74) is 1.50. The summed E-state index contributed by atoms with van der Waals surface area (Å²) >= 11 is 1.59. The average molecular weight is 707 g/mol. The predicted octanol–water partition coefficient (Wildman–Crippen LogP) is 3.89. The Morgan fingerprint density at radius 2 is 1.76 bits per heavy atom. The molecule has 1 aromatic carbocycles. The van der Waals surface area contributed by atoms with Crippen LogP contribution in [0.15, 0.2) is 55.5 Å². The van der Waals surface area contributed by atoms with Gasteiger partial charge >= 0.3 is 0 Å². The van der Waals surface area contributed by atoms with E-state index in [1.54, 1.807) is 22.9 Å². The molecule has 5 rings (SSSR count). The van der Waals surface area contributed by atoms with Crippen molar-refractivity contribution in [1.82, 2.24) is 30.8 Å². The summed E-state index contributed by atoms with van der Waals surface area (Å²) in [6.45, 7) is 8.18. The van der Waals surface area contributed by atoms with Crippen LogP contribution in [-0.4, -0.2) is 85.0 Å². The third-order valence-corrected chi connectivity index (χ3v) is 11.9. The monoisotopic (exact) mass is 706 g/mol. The zero-order valence-corrected chi connectivity index (χ0v) is 30.2. The molecule has 0 unspecified atom stereocenters. The molecule has 0 spiro atoms. The largest absolute Gasteiger partial charge is 0.391 e. The van der Waals surface area contributed by atoms with Crippen molar-refractivity contribution in [2.75, 3.05) is 5.75 Å². The molecule has 3 fully saturated rings. The van der Waals surface area contributed by atoms with E-state index in [-0.39, 0.29) is 41.9 Å². The van der Waals surface area contributed by atoms with Crippen LogP contribution < -0.4 is 16.0 Å². The van der Waals surface area contributed by atoms with E-state index in [1.807, 2.05) is 36.4 Å². The molecular formula is C38H54N6O5S. The molecule has 50 heavy (non-hydrogen) atoms. The van der Waals surface area contributed by atoms with Crippen molar-refractivity contribution in [2.24, 2.45) is 17.8 Å². The van der Waals surface area contributed by atoms with Gasteiger partial charge in [-0.25, -0.2) is 4.98 Å². The molecule has 2 saturated heterocycles. The maximum Gasteiger partial charge on any atom is 0.244 e. The highest BCUT2D eigenvalue weighted by Crippen LogP contribution is 2.37. The molecule has 2 aliphatic heterocycles. The fourth-order valence-electron chi connectivity index (χ4n) is 7.58. The van der Waals surface area contributed by atoms with Crippen molar-refractivity contribution >= 4 is 35.4 Å². The molecular weight excluding hydrogens is 653 g/mol. The molecule has 1 saturated carbocycles. The van der Waals surface area contributed by atoms with Crippen molar-refractivity contribution < 1.29 is 24.3 Å². The second kappa shape index (κ2) is 18.0.